The summed E-state index contributed by atoms with van der Waals surface area (Å²) in [4.78, 5) is 10.9. The molecule has 25 heavy (non-hydrogen) atoms. The van der Waals surface area contributed by atoms with Crippen LogP contribution in [0.25, 0.3) is 11.4 Å². The maximum atomic E-state index is 4.89. The van der Waals surface area contributed by atoms with Crippen molar-refractivity contribution in [2.24, 2.45) is 0 Å². The molecular formula is C22H25N3. The van der Waals surface area contributed by atoms with Crippen LogP contribution in [0.15, 0.2) is 60.7 Å². The van der Waals surface area contributed by atoms with E-state index in [1.807, 2.05) is 6.07 Å². The standard InChI is InChI=1S/C22H25N3/c1-25(15-17-9-4-2-5-10-17)16-19-13-8-14-20-21(19)24-22(23-20)18-11-6-3-7-12-18/h2-7,9-12,19H,8,13-16H2,1H3,(H,23,24). The number of rotatable bonds is 5. The van der Waals surface area contributed by atoms with E-state index in [4.69, 9.17) is 4.98 Å². The summed E-state index contributed by atoms with van der Waals surface area (Å²) >= 11 is 0. The molecule has 0 fully saturated rings. The fourth-order valence-electron chi connectivity index (χ4n) is 3.86. The molecule has 1 N–H and O–H groups in total. The molecule has 1 atom stereocenters. The molecule has 0 saturated carbocycles. The minimum absolute atomic E-state index is 0.544. The number of imidazole rings is 1. The predicted octanol–water partition coefficient (Wildman–Crippen LogP) is 4.63. The molecule has 0 spiro atoms. The van der Waals surface area contributed by atoms with Crippen LogP contribution in [-0.4, -0.2) is 28.5 Å². The van der Waals surface area contributed by atoms with E-state index in [2.05, 4.69) is 71.5 Å². The minimum Gasteiger partial charge on any atom is -0.341 e. The van der Waals surface area contributed by atoms with Crippen LogP contribution in [0, 0.1) is 0 Å². The van der Waals surface area contributed by atoms with Crippen molar-refractivity contribution in [1.82, 2.24) is 14.9 Å². The zero-order valence-electron chi connectivity index (χ0n) is 14.8. The van der Waals surface area contributed by atoms with Gasteiger partial charge in [0.2, 0.25) is 0 Å². The van der Waals surface area contributed by atoms with Gasteiger partial charge in [-0.2, -0.15) is 0 Å². The van der Waals surface area contributed by atoms with Crippen molar-refractivity contribution in [1.29, 1.82) is 0 Å². The van der Waals surface area contributed by atoms with Crippen molar-refractivity contribution in [3.63, 3.8) is 0 Å². The van der Waals surface area contributed by atoms with Crippen LogP contribution in [0.1, 0.15) is 35.7 Å². The Bertz CT molecular complexity index is 808. The number of benzene rings is 2. The molecule has 1 aromatic heterocycles. The second-order valence-electron chi connectivity index (χ2n) is 7.08. The Hall–Kier alpha value is -2.39. The number of hydrogen-bond donors (Lipinski definition) is 1. The van der Waals surface area contributed by atoms with Crippen LogP contribution in [0.4, 0.5) is 0 Å². The Morgan fingerprint density at radius 3 is 2.52 bits per heavy atom. The fraction of sp³-hybridized carbons (Fsp3) is 0.318. The molecule has 1 aliphatic rings. The van der Waals surface area contributed by atoms with Gasteiger partial charge in [-0.05, 0) is 31.9 Å². The molecule has 3 heteroatoms. The Morgan fingerprint density at radius 1 is 1.04 bits per heavy atom. The summed E-state index contributed by atoms with van der Waals surface area (Å²) in [5, 5.41) is 0. The second kappa shape index (κ2) is 7.24. The molecule has 128 valence electrons. The molecule has 0 bridgehead atoms. The minimum atomic E-state index is 0.544. The van der Waals surface area contributed by atoms with Crippen LogP contribution >= 0.6 is 0 Å². The van der Waals surface area contributed by atoms with Crippen molar-refractivity contribution in [3.05, 3.63) is 77.6 Å². The highest BCUT2D eigenvalue weighted by Crippen LogP contribution is 2.32. The molecule has 1 unspecified atom stereocenters. The average Bonchev–Trinajstić information content (AvgIpc) is 3.09. The Morgan fingerprint density at radius 2 is 1.76 bits per heavy atom. The molecule has 1 heterocycles. The van der Waals surface area contributed by atoms with E-state index in [9.17, 15) is 0 Å². The van der Waals surface area contributed by atoms with Gasteiger partial charge in [0.05, 0.1) is 5.69 Å². The third-order valence-corrected chi connectivity index (χ3v) is 5.06. The molecule has 3 aromatic rings. The molecule has 2 aromatic carbocycles. The lowest BCUT2D eigenvalue weighted by atomic mass is 9.89. The van der Waals surface area contributed by atoms with Gasteiger partial charge in [0.1, 0.15) is 5.82 Å². The van der Waals surface area contributed by atoms with Gasteiger partial charge in [0.15, 0.2) is 0 Å². The van der Waals surface area contributed by atoms with Crippen LogP contribution in [0.3, 0.4) is 0 Å². The van der Waals surface area contributed by atoms with Crippen molar-refractivity contribution in [3.8, 4) is 11.4 Å². The number of nitrogens with one attached hydrogen (secondary N) is 1. The Labute approximate surface area is 149 Å². The highest BCUT2D eigenvalue weighted by Gasteiger charge is 2.25. The maximum absolute atomic E-state index is 4.89. The Kier molecular flexibility index (Phi) is 4.66. The lowest BCUT2D eigenvalue weighted by Gasteiger charge is -2.26. The van der Waals surface area contributed by atoms with E-state index in [0.717, 1.165) is 25.3 Å². The average molecular weight is 331 g/mol. The van der Waals surface area contributed by atoms with E-state index in [-0.39, 0.29) is 0 Å². The molecule has 0 saturated heterocycles. The smallest absolute Gasteiger partial charge is 0.137 e. The largest absolute Gasteiger partial charge is 0.341 e. The first kappa shape index (κ1) is 16.1. The lowest BCUT2D eigenvalue weighted by Crippen LogP contribution is -2.26. The van der Waals surface area contributed by atoms with Crippen molar-refractivity contribution in [2.45, 2.75) is 31.7 Å². The molecule has 0 aliphatic heterocycles. The molecule has 1 aliphatic carbocycles. The summed E-state index contributed by atoms with van der Waals surface area (Å²) in [6, 6.07) is 21.1. The van der Waals surface area contributed by atoms with E-state index in [0.29, 0.717) is 5.92 Å². The topological polar surface area (TPSA) is 31.9 Å². The number of hydrogen-bond acceptors (Lipinski definition) is 2. The number of H-pyrrole nitrogens is 1. The molecule has 4 rings (SSSR count). The predicted molar refractivity (Wildman–Crippen MR) is 102 cm³/mol. The van der Waals surface area contributed by atoms with Crippen LogP contribution < -0.4 is 0 Å². The third kappa shape index (κ3) is 3.67. The summed E-state index contributed by atoms with van der Waals surface area (Å²) in [5.74, 6) is 1.56. The normalized spacial score (nSPS) is 16.8. The number of nitrogens with zero attached hydrogens (tertiary/aromatic N) is 2. The van der Waals surface area contributed by atoms with Crippen LogP contribution in [-0.2, 0) is 13.0 Å². The highest BCUT2D eigenvalue weighted by molar-refractivity contribution is 5.56. The number of fused-ring (bicyclic) bond motifs is 1. The van der Waals surface area contributed by atoms with Gasteiger partial charge in [-0.15, -0.1) is 0 Å². The fourth-order valence-corrected chi connectivity index (χ4v) is 3.86. The number of aryl methyl sites for hydroxylation is 1. The van der Waals surface area contributed by atoms with Crippen molar-refractivity contribution in [2.75, 3.05) is 13.6 Å². The van der Waals surface area contributed by atoms with Gasteiger partial charge in [-0.1, -0.05) is 60.7 Å². The molecule has 0 radical (unpaired) electrons. The molecule has 0 amide bonds. The van der Waals surface area contributed by atoms with E-state index < -0.39 is 0 Å². The van der Waals surface area contributed by atoms with Crippen molar-refractivity contribution >= 4 is 0 Å². The number of likely N-dealkylation sites (N-methyl/N-ethyl adjacent to an activating group) is 1. The first-order chi connectivity index (χ1) is 12.3. The zero-order chi connectivity index (χ0) is 17.1. The van der Waals surface area contributed by atoms with Gasteiger partial charge in [0.25, 0.3) is 0 Å². The maximum Gasteiger partial charge on any atom is 0.137 e. The van der Waals surface area contributed by atoms with Gasteiger partial charge >= 0.3 is 0 Å². The quantitative estimate of drug-likeness (QED) is 0.739. The van der Waals surface area contributed by atoms with Gasteiger partial charge in [-0.3, -0.25) is 0 Å². The van der Waals surface area contributed by atoms with Gasteiger partial charge < -0.3 is 9.88 Å². The monoisotopic (exact) mass is 331 g/mol. The summed E-state index contributed by atoms with van der Waals surface area (Å²) < 4.78 is 0. The van der Waals surface area contributed by atoms with Crippen LogP contribution in [0.2, 0.25) is 0 Å². The second-order valence-corrected chi connectivity index (χ2v) is 7.08. The van der Waals surface area contributed by atoms with Gasteiger partial charge in [-0.25, -0.2) is 4.98 Å². The molecular weight excluding hydrogens is 306 g/mol. The zero-order valence-corrected chi connectivity index (χ0v) is 14.8. The number of aromatic nitrogens is 2. The van der Waals surface area contributed by atoms with E-state index >= 15 is 0 Å². The lowest BCUT2D eigenvalue weighted by molar-refractivity contribution is 0.288. The Balaban J connectivity index is 1.50. The third-order valence-electron chi connectivity index (χ3n) is 5.06. The van der Waals surface area contributed by atoms with E-state index in [1.54, 1.807) is 0 Å². The van der Waals surface area contributed by atoms with Crippen LogP contribution in [0.5, 0.6) is 0 Å². The highest BCUT2D eigenvalue weighted by atomic mass is 15.1. The first-order valence-corrected chi connectivity index (χ1v) is 9.16. The SMILES string of the molecule is CN(Cc1ccccc1)CC1CCCc2nc(-c3ccccc3)[nH]c21. The first-order valence-electron chi connectivity index (χ1n) is 9.16. The number of aromatic amines is 1. The summed E-state index contributed by atoms with van der Waals surface area (Å²) in [6.07, 6.45) is 3.57. The summed E-state index contributed by atoms with van der Waals surface area (Å²) in [7, 11) is 2.22. The summed E-state index contributed by atoms with van der Waals surface area (Å²) in [5.41, 5.74) is 5.16. The van der Waals surface area contributed by atoms with E-state index in [1.165, 1.54) is 35.4 Å². The van der Waals surface area contributed by atoms with Gasteiger partial charge in [0, 0.05) is 30.3 Å². The molecule has 3 nitrogen and oxygen atoms in total. The van der Waals surface area contributed by atoms with Crippen molar-refractivity contribution < 1.29 is 0 Å². The summed E-state index contributed by atoms with van der Waals surface area (Å²) in [6.45, 7) is 2.06.